The number of aromatic nitrogens is 4. The van der Waals surface area contributed by atoms with Crippen molar-refractivity contribution in [2.75, 3.05) is 11.1 Å². The van der Waals surface area contributed by atoms with Crippen LogP contribution in [0.25, 0.3) is 0 Å². The van der Waals surface area contributed by atoms with Gasteiger partial charge in [-0.3, -0.25) is 9.48 Å². The van der Waals surface area contributed by atoms with Crippen molar-refractivity contribution in [3.05, 3.63) is 58.7 Å². The van der Waals surface area contributed by atoms with E-state index in [1.165, 1.54) is 29.1 Å². The van der Waals surface area contributed by atoms with Crippen molar-refractivity contribution >= 4 is 35.1 Å². The van der Waals surface area contributed by atoms with Gasteiger partial charge in [-0.25, -0.2) is 0 Å². The van der Waals surface area contributed by atoms with Crippen LogP contribution in [0.15, 0.2) is 30.3 Å². The largest absolute Gasteiger partial charge is 0.322 e. The monoisotopic (exact) mass is 387 g/mol. The fraction of sp³-hybridized carbons (Fsp3) is 0.333. The molecule has 0 bridgehead atoms. The van der Waals surface area contributed by atoms with E-state index < -0.39 is 0 Å². The highest BCUT2D eigenvalue weighted by Gasteiger charge is 2.15. The van der Waals surface area contributed by atoms with E-state index in [0.29, 0.717) is 18.1 Å². The molecule has 0 atom stereocenters. The summed E-state index contributed by atoms with van der Waals surface area (Å²) in [6.45, 7) is 6.53. The summed E-state index contributed by atoms with van der Waals surface area (Å²) in [7, 11) is 0. The molecule has 0 aliphatic rings. The summed E-state index contributed by atoms with van der Waals surface area (Å²) in [5, 5.41) is 7.57. The quantitative estimate of drug-likeness (QED) is 0.671. The smallest absolute Gasteiger partial charge is 0.234 e. The molecule has 0 fully saturated rings. The van der Waals surface area contributed by atoms with Gasteiger partial charge in [-0.2, -0.15) is 13.8 Å². The van der Waals surface area contributed by atoms with Crippen LogP contribution in [0, 0.1) is 20.8 Å². The Bertz CT molecular complexity index is 888. The number of hydrogen-bond acceptors (Lipinski definition) is 6. The van der Waals surface area contributed by atoms with Crippen molar-refractivity contribution < 1.29 is 4.79 Å². The molecule has 136 valence electrons. The fourth-order valence-corrected chi connectivity index (χ4v) is 4.06. The van der Waals surface area contributed by atoms with Crippen LogP contribution >= 0.6 is 23.5 Å². The van der Waals surface area contributed by atoms with Gasteiger partial charge in [0.15, 0.2) is 0 Å². The van der Waals surface area contributed by atoms with Gasteiger partial charge in [0.05, 0.1) is 52.5 Å². The summed E-state index contributed by atoms with van der Waals surface area (Å²) in [6, 6.07) is 10.2. The number of hydrogen-bond donors (Lipinski definition) is 1. The van der Waals surface area contributed by atoms with Crippen LogP contribution in [0.2, 0.25) is 0 Å². The lowest BCUT2D eigenvalue weighted by Crippen LogP contribution is -2.15. The molecule has 1 N–H and O–H groups in total. The van der Waals surface area contributed by atoms with Gasteiger partial charge in [-0.15, -0.1) is 11.8 Å². The number of aryl methyl sites for hydroxylation is 2. The lowest BCUT2D eigenvalue weighted by Gasteiger charge is -2.07. The van der Waals surface area contributed by atoms with Crippen LogP contribution < -0.4 is 5.32 Å². The third kappa shape index (κ3) is 4.50. The molecule has 0 radical (unpaired) electrons. The average molecular weight is 388 g/mol. The predicted octanol–water partition coefficient (Wildman–Crippen LogP) is 3.58. The maximum Gasteiger partial charge on any atom is 0.234 e. The lowest BCUT2D eigenvalue weighted by atomic mass is 10.2. The van der Waals surface area contributed by atoms with Gasteiger partial charge in [0.25, 0.3) is 0 Å². The zero-order chi connectivity index (χ0) is 18.5. The van der Waals surface area contributed by atoms with E-state index in [4.69, 9.17) is 0 Å². The predicted molar refractivity (Wildman–Crippen MR) is 107 cm³/mol. The molecule has 0 aliphatic heterocycles. The van der Waals surface area contributed by atoms with E-state index >= 15 is 0 Å². The number of nitrogens with one attached hydrogen (secondary N) is 1. The molecule has 0 unspecified atom stereocenters. The Hall–Kier alpha value is -2.19. The summed E-state index contributed by atoms with van der Waals surface area (Å²) < 4.78 is 10.3. The maximum absolute atomic E-state index is 12.3. The summed E-state index contributed by atoms with van der Waals surface area (Å²) in [4.78, 5) is 12.3. The minimum atomic E-state index is -0.0266. The highest BCUT2D eigenvalue weighted by atomic mass is 32.2. The first-order valence-corrected chi connectivity index (χ1v) is 10.2. The van der Waals surface area contributed by atoms with Crippen molar-refractivity contribution in [3.63, 3.8) is 0 Å². The molecule has 1 amide bonds. The number of anilines is 1. The number of thioether (sulfide) groups is 1. The van der Waals surface area contributed by atoms with E-state index in [1.807, 2.05) is 43.7 Å². The Morgan fingerprint density at radius 3 is 2.62 bits per heavy atom. The molecule has 2 heterocycles. The molecule has 3 rings (SSSR count). The Morgan fingerprint density at radius 2 is 1.92 bits per heavy atom. The van der Waals surface area contributed by atoms with E-state index in [-0.39, 0.29) is 5.91 Å². The first kappa shape index (κ1) is 18.6. The Balaban J connectivity index is 1.58. The number of nitrogens with zero attached hydrogens (tertiary/aromatic N) is 4. The molecule has 26 heavy (non-hydrogen) atoms. The molecule has 0 spiro atoms. The second-order valence-electron chi connectivity index (χ2n) is 6.03. The minimum absolute atomic E-state index is 0.0266. The molecule has 3 aromatic rings. The third-order valence-electron chi connectivity index (χ3n) is 4.04. The second-order valence-corrected chi connectivity index (χ2v) is 7.54. The van der Waals surface area contributed by atoms with Gasteiger partial charge >= 0.3 is 0 Å². The fourth-order valence-electron chi connectivity index (χ4n) is 2.58. The van der Waals surface area contributed by atoms with E-state index in [0.717, 1.165) is 28.5 Å². The standard InChI is InChI=1S/C18H21N5OS2/c1-12-16(22-26-21-12)10-25-11-17(24)19-18-13(2)20-23(14(18)3)9-15-7-5-4-6-8-15/h4-8H,9-11H2,1-3H3,(H,19,24). The van der Waals surface area contributed by atoms with Crippen LogP contribution in [-0.4, -0.2) is 30.2 Å². The molecule has 6 nitrogen and oxygen atoms in total. The van der Waals surface area contributed by atoms with Gasteiger partial charge in [0, 0.05) is 5.75 Å². The molecular weight excluding hydrogens is 366 g/mol. The highest BCUT2D eigenvalue weighted by molar-refractivity contribution is 7.99. The number of benzene rings is 1. The van der Waals surface area contributed by atoms with Crippen molar-refractivity contribution in [1.29, 1.82) is 0 Å². The molecule has 0 saturated carbocycles. The van der Waals surface area contributed by atoms with Crippen LogP contribution in [0.4, 0.5) is 5.69 Å². The summed E-state index contributed by atoms with van der Waals surface area (Å²) >= 11 is 2.75. The van der Waals surface area contributed by atoms with Gasteiger partial charge < -0.3 is 5.32 Å². The summed E-state index contributed by atoms with van der Waals surface area (Å²) in [5.41, 5.74) is 5.67. The normalized spacial score (nSPS) is 10.9. The molecule has 8 heteroatoms. The highest BCUT2D eigenvalue weighted by Crippen LogP contribution is 2.21. The van der Waals surface area contributed by atoms with Gasteiger partial charge in [-0.05, 0) is 26.3 Å². The van der Waals surface area contributed by atoms with Crippen LogP contribution in [-0.2, 0) is 17.1 Å². The first-order chi connectivity index (χ1) is 12.5. The lowest BCUT2D eigenvalue weighted by molar-refractivity contribution is -0.113. The van der Waals surface area contributed by atoms with Crippen molar-refractivity contribution in [1.82, 2.24) is 18.5 Å². The van der Waals surface area contributed by atoms with Crippen LogP contribution in [0.3, 0.4) is 0 Å². The van der Waals surface area contributed by atoms with Crippen molar-refractivity contribution in [2.45, 2.75) is 33.1 Å². The molecular formula is C18H21N5OS2. The van der Waals surface area contributed by atoms with Crippen molar-refractivity contribution in [2.24, 2.45) is 0 Å². The average Bonchev–Trinajstić information content (AvgIpc) is 3.14. The Morgan fingerprint density at radius 1 is 1.15 bits per heavy atom. The topological polar surface area (TPSA) is 72.7 Å². The van der Waals surface area contributed by atoms with Gasteiger partial charge in [0.2, 0.25) is 5.91 Å². The van der Waals surface area contributed by atoms with Gasteiger partial charge in [-0.1, -0.05) is 30.3 Å². The first-order valence-electron chi connectivity index (χ1n) is 8.28. The minimum Gasteiger partial charge on any atom is -0.322 e. The van der Waals surface area contributed by atoms with Crippen LogP contribution in [0.5, 0.6) is 0 Å². The number of carbonyl (C=O) groups excluding carboxylic acids is 1. The summed E-state index contributed by atoms with van der Waals surface area (Å²) in [6.07, 6.45) is 0. The Kier molecular flexibility index (Phi) is 6.05. The maximum atomic E-state index is 12.3. The molecule has 2 aromatic heterocycles. The van der Waals surface area contributed by atoms with E-state index in [9.17, 15) is 4.79 Å². The van der Waals surface area contributed by atoms with Gasteiger partial charge in [0.1, 0.15) is 0 Å². The number of carbonyl (C=O) groups is 1. The number of amides is 1. The van der Waals surface area contributed by atoms with E-state index in [1.54, 1.807) is 0 Å². The zero-order valence-corrected chi connectivity index (χ0v) is 16.7. The second kappa shape index (κ2) is 8.46. The third-order valence-corrected chi connectivity index (χ3v) is 5.64. The Labute approximate surface area is 161 Å². The van der Waals surface area contributed by atoms with Crippen molar-refractivity contribution in [3.8, 4) is 0 Å². The molecule has 0 saturated heterocycles. The van der Waals surface area contributed by atoms with E-state index in [2.05, 4.69) is 31.3 Å². The SMILES string of the molecule is Cc1nsnc1CSCC(=O)Nc1c(C)nn(Cc2ccccc2)c1C. The molecule has 0 aliphatic carbocycles. The summed E-state index contributed by atoms with van der Waals surface area (Å²) in [5.74, 6) is 1.04. The zero-order valence-electron chi connectivity index (χ0n) is 15.0. The molecule has 1 aromatic carbocycles. The number of rotatable bonds is 7. The van der Waals surface area contributed by atoms with Crippen LogP contribution in [0.1, 0.15) is 28.3 Å².